The summed E-state index contributed by atoms with van der Waals surface area (Å²) < 4.78 is 13.5. The maximum absolute atomic E-state index is 13.5. The van der Waals surface area contributed by atoms with E-state index in [9.17, 15) is 4.39 Å². The van der Waals surface area contributed by atoms with Crippen LogP contribution in [0, 0.1) is 18.7 Å². The first-order chi connectivity index (χ1) is 8.56. The number of hydrogen-bond acceptors (Lipinski definition) is 2. The minimum absolute atomic E-state index is 0.136. The molecule has 100 valence electrons. The van der Waals surface area contributed by atoms with Gasteiger partial charge in [0.1, 0.15) is 5.82 Å². The Balaban J connectivity index is 2.19. The van der Waals surface area contributed by atoms with Gasteiger partial charge in [-0.05, 0) is 49.6 Å². The molecule has 0 aromatic heterocycles. The van der Waals surface area contributed by atoms with Crippen molar-refractivity contribution in [1.82, 2.24) is 5.32 Å². The molecule has 0 saturated carbocycles. The van der Waals surface area contributed by atoms with Crippen molar-refractivity contribution < 1.29 is 4.39 Å². The highest BCUT2D eigenvalue weighted by molar-refractivity contribution is 5.49. The molecule has 18 heavy (non-hydrogen) atoms. The van der Waals surface area contributed by atoms with Gasteiger partial charge in [-0.2, -0.15) is 0 Å². The summed E-state index contributed by atoms with van der Waals surface area (Å²) >= 11 is 0. The van der Waals surface area contributed by atoms with E-state index in [0.717, 1.165) is 37.3 Å². The highest BCUT2D eigenvalue weighted by Gasteiger charge is 2.20. The van der Waals surface area contributed by atoms with Gasteiger partial charge in [-0.25, -0.2) is 4.39 Å². The van der Waals surface area contributed by atoms with Gasteiger partial charge >= 0.3 is 0 Å². The van der Waals surface area contributed by atoms with Crippen LogP contribution in [0.3, 0.4) is 0 Å². The molecule has 0 aliphatic carbocycles. The van der Waals surface area contributed by atoms with E-state index in [1.54, 1.807) is 12.1 Å². The second kappa shape index (κ2) is 5.70. The van der Waals surface area contributed by atoms with Gasteiger partial charge in [0.05, 0.1) is 0 Å². The Labute approximate surface area is 109 Å². The summed E-state index contributed by atoms with van der Waals surface area (Å²) in [4.78, 5) is 2.31. The highest BCUT2D eigenvalue weighted by atomic mass is 19.1. The van der Waals surface area contributed by atoms with Gasteiger partial charge in [0, 0.05) is 24.8 Å². The molecule has 1 saturated heterocycles. The lowest BCUT2D eigenvalue weighted by Crippen LogP contribution is -2.41. The number of rotatable bonds is 2. The number of halogens is 1. The van der Waals surface area contributed by atoms with E-state index < -0.39 is 0 Å². The van der Waals surface area contributed by atoms with E-state index in [0.29, 0.717) is 12.0 Å². The fraction of sp³-hybridized carbons (Fsp3) is 0.600. The Morgan fingerprint density at radius 2 is 2.11 bits per heavy atom. The lowest BCUT2D eigenvalue weighted by Gasteiger charge is -2.28. The maximum atomic E-state index is 13.5. The van der Waals surface area contributed by atoms with Crippen LogP contribution >= 0.6 is 0 Å². The third-order valence-electron chi connectivity index (χ3n) is 3.63. The van der Waals surface area contributed by atoms with Crippen molar-refractivity contribution in [1.29, 1.82) is 0 Å². The van der Waals surface area contributed by atoms with E-state index >= 15 is 0 Å². The van der Waals surface area contributed by atoms with Crippen LogP contribution in [0.4, 0.5) is 10.1 Å². The minimum Gasteiger partial charge on any atom is -0.370 e. The minimum atomic E-state index is -0.136. The smallest absolute Gasteiger partial charge is 0.125 e. The summed E-state index contributed by atoms with van der Waals surface area (Å²) in [5, 5.41) is 3.57. The first-order valence-corrected chi connectivity index (χ1v) is 6.82. The number of anilines is 1. The molecule has 2 rings (SSSR count). The topological polar surface area (TPSA) is 15.3 Å². The average Bonchev–Trinajstić information content (AvgIpc) is 2.53. The Morgan fingerprint density at radius 1 is 1.33 bits per heavy atom. The summed E-state index contributed by atoms with van der Waals surface area (Å²) in [5.74, 6) is 0.462. The number of benzene rings is 1. The molecule has 3 heteroatoms. The van der Waals surface area contributed by atoms with Crippen LogP contribution in [-0.2, 0) is 0 Å². The second-order valence-electron chi connectivity index (χ2n) is 5.59. The Kier molecular flexibility index (Phi) is 4.23. The lowest BCUT2D eigenvalue weighted by molar-refractivity contribution is 0.420. The largest absolute Gasteiger partial charge is 0.370 e. The summed E-state index contributed by atoms with van der Waals surface area (Å²) in [6, 6.07) is 5.79. The van der Waals surface area contributed by atoms with Crippen molar-refractivity contribution in [3.8, 4) is 0 Å². The zero-order valence-corrected chi connectivity index (χ0v) is 11.5. The van der Waals surface area contributed by atoms with Gasteiger partial charge in [0.2, 0.25) is 0 Å². The van der Waals surface area contributed by atoms with Crippen molar-refractivity contribution in [3.63, 3.8) is 0 Å². The van der Waals surface area contributed by atoms with Crippen molar-refractivity contribution >= 4 is 5.69 Å². The number of nitrogens with zero attached hydrogens (tertiary/aromatic N) is 1. The van der Waals surface area contributed by atoms with Gasteiger partial charge in [-0.1, -0.05) is 13.8 Å². The van der Waals surface area contributed by atoms with Crippen molar-refractivity contribution in [2.45, 2.75) is 33.2 Å². The third-order valence-corrected chi connectivity index (χ3v) is 3.63. The predicted octanol–water partition coefficient (Wildman–Crippen LogP) is 2.96. The summed E-state index contributed by atoms with van der Waals surface area (Å²) in [6.45, 7) is 9.42. The molecule has 1 atom stereocenters. The van der Waals surface area contributed by atoms with Gasteiger partial charge < -0.3 is 10.2 Å². The first-order valence-electron chi connectivity index (χ1n) is 6.82. The van der Waals surface area contributed by atoms with Crippen molar-refractivity contribution in [2.75, 3.05) is 24.5 Å². The van der Waals surface area contributed by atoms with Crippen LogP contribution in [0.1, 0.15) is 25.8 Å². The maximum Gasteiger partial charge on any atom is 0.125 e. The quantitative estimate of drug-likeness (QED) is 0.868. The monoisotopic (exact) mass is 250 g/mol. The van der Waals surface area contributed by atoms with Gasteiger partial charge in [-0.15, -0.1) is 0 Å². The highest BCUT2D eigenvalue weighted by Crippen LogP contribution is 2.21. The molecule has 1 aliphatic heterocycles. The standard InChI is InChI=1S/C15H23FN2/c1-11(2)15-10-18(6-4-5-17-15)14-8-12(3)7-13(16)9-14/h7-9,11,15,17H,4-6,10H2,1-3H3. The molecule has 1 unspecified atom stereocenters. The molecular formula is C15H23FN2. The molecule has 0 bridgehead atoms. The molecule has 0 spiro atoms. The molecule has 2 nitrogen and oxygen atoms in total. The third kappa shape index (κ3) is 3.22. The molecule has 1 heterocycles. The van der Waals surface area contributed by atoms with Crippen LogP contribution < -0.4 is 10.2 Å². The summed E-state index contributed by atoms with van der Waals surface area (Å²) in [6.07, 6.45) is 1.11. The van der Waals surface area contributed by atoms with Gasteiger partial charge in [0.15, 0.2) is 0 Å². The molecule has 0 radical (unpaired) electrons. The fourth-order valence-electron chi connectivity index (χ4n) is 2.53. The van der Waals surface area contributed by atoms with Crippen LogP contribution in [0.2, 0.25) is 0 Å². The number of hydrogen-bond donors (Lipinski definition) is 1. The molecule has 1 fully saturated rings. The molecule has 1 aromatic carbocycles. The number of nitrogens with one attached hydrogen (secondary N) is 1. The normalized spacial score (nSPS) is 21.2. The first kappa shape index (κ1) is 13.3. The van der Waals surface area contributed by atoms with Crippen molar-refractivity contribution in [2.24, 2.45) is 5.92 Å². The van der Waals surface area contributed by atoms with Crippen molar-refractivity contribution in [3.05, 3.63) is 29.6 Å². The SMILES string of the molecule is Cc1cc(F)cc(N2CCCNC(C(C)C)C2)c1. The Bertz CT molecular complexity index is 383. The van der Waals surface area contributed by atoms with E-state index in [1.807, 2.05) is 6.92 Å². The van der Waals surface area contributed by atoms with Gasteiger partial charge in [-0.3, -0.25) is 0 Å². The molecular weight excluding hydrogens is 227 g/mol. The molecule has 1 N–H and O–H groups in total. The number of aryl methyl sites for hydroxylation is 1. The zero-order chi connectivity index (χ0) is 13.1. The summed E-state index contributed by atoms with van der Waals surface area (Å²) in [7, 11) is 0. The predicted molar refractivity (Wildman–Crippen MR) is 74.6 cm³/mol. The second-order valence-corrected chi connectivity index (χ2v) is 5.59. The lowest BCUT2D eigenvalue weighted by atomic mass is 10.0. The van der Waals surface area contributed by atoms with E-state index in [1.165, 1.54) is 0 Å². The zero-order valence-electron chi connectivity index (χ0n) is 11.5. The van der Waals surface area contributed by atoms with E-state index in [2.05, 4.69) is 30.1 Å². The van der Waals surface area contributed by atoms with E-state index in [-0.39, 0.29) is 5.82 Å². The van der Waals surface area contributed by atoms with Crippen LogP contribution in [0.5, 0.6) is 0 Å². The molecule has 0 amide bonds. The average molecular weight is 250 g/mol. The fourth-order valence-corrected chi connectivity index (χ4v) is 2.53. The molecule has 1 aromatic rings. The van der Waals surface area contributed by atoms with E-state index in [4.69, 9.17) is 0 Å². The summed E-state index contributed by atoms with van der Waals surface area (Å²) in [5.41, 5.74) is 2.00. The van der Waals surface area contributed by atoms with Crippen LogP contribution in [-0.4, -0.2) is 25.7 Å². The Morgan fingerprint density at radius 3 is 2.78 bits per heavy atom. The van der Waals surface area contributed by atoms with Crippen LogP contribution in [0.15, 0.2) is 18.2 Å². The molecule has 1 aliphatic rings. The van der Waals surface area contributed by atoms with Crippen LogP contribution in [0.25, 0.3) is 0 Å². The Hall–Kier alpha value is -1.09. The van der Waals surface area contributed by atoms with Gasteiger partial charge in [0.25, 0.3) is 0 Å².